The maximum Gasteiger partial charge on any atom is 0.302 e. The molecule has 5 heteroatoms. The number of ether oxygens (including phenoxy) is 2. The van der Waals surface area contributed by atoms with Crippen LogP contribution in [0.4, 0.5) is 0 Å². The standard InChI is InChI=1S/C25H38O5/c1-14(29-15(2)26)20-8-9-21-19-7-6-17-12-18(30-16(3)27)10-11-24(17,4)22(19)13-23(28)25(20,21)5/h9,14,17-20,22-23,28H,6-8,10-13H2,1-5H3/t14-,17-,18+,19+,20-,22+,23+,24+,25-/m1/s1. The van der Waals surface area contributed by atoms with Crippen LogP contribution in [0.1, 0.15) is 79.6 Å². The minimum Gasteiger partial charge on any atom is -0.463 e. The first-order chi connectivity index (χ1) is 14.1. The number of fused-ring (bicyclic) bond motifs is 5. The van der Waals surface area contributed by atoms with E-state index in [0.29, 0.717) is 17.8 Å². The van der Waals surface area contributed by atoms with Crippen molar-refractivity contribution in [3.8, 4) is 0 Å². The van der Waals surface area contributed by atoms with Crippen LogP contribution < -0.4 is 0 Å². The zero-order valence-electron chi connectivity index (χ0n) is 19.1. The number of hydrogen-bond acceptors (Lipinski definition) is 5. The predicted octanol–water partition coefficient (Wildman–Crippen LogP) is 4.42. The van der Waals surface area contributed by atoms with Crippen molar-refractivity contribution in [3.63, 3.8) is 0 Å². The van der Waals surface area contributed by atoms with Crippen molar-refractivity contribution in [2.75, 3.05) is 0 Å². The van der Waals surface area contributed by atoms with Gasteiger partial charge in [0.25, 0.3) is 0 Å². The number of aliphatic hydroxyl groups excluding tert-OH is 1. The number of rotatable bonds is 3. The summed E-state index contributed by atoms with van der Waals surface area (Å²) >= 11 is 0. The van der Waals surface area contributed by atoms with Gasteiger partial charge in [-0.05, 0) is 75.0 Å². The maximum atomic E-state index is 11.5. The second-order valence-electron chi connectivity index (χ2n) is 10.8. The van der Waals surface area contributed by atoms with E-state index < -0.39 is 6.10 Å². The van der Waals surface area contributed by atoms with E-state index in [0.717, 1.165) is 44.9 Å². The summed E-state index contributed by atoms with van der Waals surface area (Å²) in [6, 6.07) is 0. The molecule has 0 aromatic rings. The number of carbonyl (C=O) groups excluding carboxylic acids is 2. The van der Waals surface area contributed by atoms with Gasteiger partial charge in [-0.25, -0.2) is 0 Å². The Kier molecular flexibility index (Phi) is 5.57. The van der Waals surface area contributed by atoms with Gasteiger partial charge in [-0.15, -0.1) is 0 Å². The molecule has 9 atom stereocenters. The minimum absolute atomic E-state index is 0.0514. The van der Waals surface area contributed by atoms with Gasteiger partial charge in [0, 0.05) is 25.2 Å². The van der Waals surface area contributed by atoms with Crippen molar-refractivity contribution in [2.24, 2.45) is 34.5 Å². The molecule has 0 amide bonds. The van der Waals surface area contributed by atoms with Gasteiger partial charge in [0.1, 0.15) is 12.2 Å². The summed E-state index contributed by atoms with van der Waals surface area (Å²) in [5, 5.41) is 11.5. The molecule has 0 unspecified atom stereocenters. The quantitative estimate of drug-likeness (QED) is 0.543. The maximum absolute atomic E-state index is 11.5. The van der Waals surface area contributed by atoms with Gasteiger partial charge in [-0.1, -0.05) is 25.5 Å². The second-order valence-corrected chi connectivity index (χ2v) is 10.8. The highest BCUT2D eigenvalue weighted by molar-refractivity contribution is 5.66. The number of hydrogen-bond donors (Lipinski definition) is 1. The first-order valence-electron chi connectivity index (χ1n) is 11.8. The Bertz CT molecular complexity index is 744. The fourth-order valence-corrected chi connectivity index (χ4v) is 7.94. The molecule has 4 aliphatic rings. The second kappa shape index (κ2) is 7.65. The van der Waals surface area contributed by atoms with Crippen molar-refractivity contribution in [2.45, 2.75) is 97.9 Å². The Labute approximate surface area is 180 Å². The fourth-order valence-electron chi connectivity index (χ4n) is 7.94. The molecule has 3 saturated carbocycles. The number of esters is 2. The van der Waals surface area contributed by atoms with Crippen molar-refractivity contribution in [3.05, 3.63) is 11.6 Å². The summed E-state index contributed by atoms with van der Waals surface area (Å²) in [6.07, 6.45) is 8.71. The molecule has 4 aliphatic carbocycles. The molecule has 5 nitrogen and oxygen atoms in total. The van der Waals surface area contributed by atoms with Crippen LogP contribution in [0.2, 0.25) is 0 Å². The van der Waals surface area contributed by atoms with Crippen molar-refractivity contribution < 1.29 is 24.2 Å². The molecule has 168 valence electrons. The number of allylic oxidation sites excluding steroid dienone is 1. The lowest BCUT2D eigenvalue weighted by atomic mass is 9.45. The Balaban J connectivity index is 1.56. The summed E-state index contributed by atoms with van der Waals surface area (Å²) in [6.45, 7) is 9.56. The summed E-state index contributed by atoms with van der Waals surface area (Å²) < 4.78 is 11.1. The van der Waals surface area contributed by atoms with Crippen LogP contribution in [-0.2, 0) is 19.1 Å². The van der Waals surface area contributed by atoms with E-state index in [4.69, 9.17) is 9.47 Å². The molecular weight excluding hydrogens is 380 g/mol. The van der Waals surface area contributed by atoms with Crippen molar-refractivity contribution in [1.82, 2.24) is 0 Å². The van der Waals surface area contributed by atoms with Crippen LogP contribution in [0.5, 0.6) is 0 Å². The molecule has 0 saturated heterocycles. The van der Waals surface area contributed by atoms with E-state index in [1.165, 1.54) is 19.4 Å². The van der Waals surface area contributed by atoms with Crippen LogP contribution in [-0.4, -0.2) is 35.4 Å². The SMILES string of the molecule is CC(=O)O[C@H]1CC[C@@]2(C)[C@H](CC[C@H]3C4=CC[C@H]([C@@H](C)OC(C)=O)[C@@]4(C)[C@@H](O)C[C@@H]32)C1. The van der Waals surface area contributed by atoms with Crippen LogP contribution in [0.15, 0.2) is 11.6 Å². The van der Waals surface area contributed by atoms with E-state index in [9.17, 15) is 14.7 Å². The Morgan fingerprint density at radius 1 is 1.13 bits per heavy atom. The average molecular weight is 419 g/mol. The highest BCUT2D eigenvalue weighted by Crippen LogP contribution is 2.66. The summed E-state index contributed by atoms with van der Waals surface area (Å²) in [5.74, 6) is 1.22. The predicted molar refractivity (Wildman–Crippen MR) is 113 cm³/mol. The first kappa shape index (κ1) is 21.9. The molecule has 0 aliphatic heterocycles. The third-order valence-electron chi connectivity index (χ3n) is 9.45. The lowest BCUT2D eigenvalue weighted by molar-refractivity contribution is -0.163. The molecule has 0 bridgehead atoms. The average Bonchev–Trinajstić information content (AvgIpc) is 3.01. The van der Waals surface area contributed by atoms with Crippen LogP contribution in [0.3, 0.4) is 0 Å². The van der Waals surface area contributed by atoms with Crippen LogP contribution in [0, 0.1) is 34.5 Å². The smallest absolute Gasteiger partial charge is 0.302 e. The molecule has 0 radical (unpaired) electrons. The van der Waals surface area contributed by atoms with E-state index in [1.54, 1.807) is 0 Å². The fraction of sp³-hybridized carbons (Fsp3) is 0.840. The highest BCUT2D eigenvalue weighted by atomic mass is 16.5. The molecule has 0 aromatic carbocycles. The first-order valence-corrected chi connectivity index (χ1v) is 11.8. The van der Waals surface area contributed by atoms with Gasteiger partial charge in [0.2, 0.25) is 0 Å². The summed E-state index contributed by atoms with van der Waals surface area (Å²) in [4.78, 5) is 23.0. The van der Waals surface area contributed by atoms with Crippen molar-refractivity contribution >= 4 is 11.9 Å². The Morgan fingerprint density at radius 2 is 1.87 bits per heavy atom. The molecule has 30 heavy (non-hydrogen) atoms. The van der Waals surface area contributed by atoms with Gasteiger partial charge in [-0.3, -0.25) is 9.59 Å². The zero-order valence-corrected chi connectivity index (χ0v) is 19.1. The molecular formula is C25H38O5. The molecule has 3 fully saturated rings. The third-order valence-corrected chi connectivity index (χ3v) is 9.45. The minimum atomic E-state index is -0.419. The lowest BCUT2D eigenvalue weighted by Crippen LogP contribution is -2.57. The normalized spacial score (nSPS) is 46.0. The van der Waals surface area contributed by atoms with Gasteiger partial charge < -0.3 is 14.6 Å². The summed E-state index contributed by atoms with van der Waals surface area (Å²) in [5.41, 5.74) is 1.29. The summed E-state index contributed by atoms with van der Waals surface area (Å²) in [7, 11) is 0. The molecule has 1 N–H and O–H groups in total. The zero-order chi connectivity index (χ0) is 21.8. The van der Waals surface area contributed by atoms with Crippen LogP contribution >= 0.6 is 0 Å². The monoisotopic (exact) mass is 418 g/mol. The molecule has 4 rings (SSSR count). The Morgan fingerprint density at radius 3 is 2.53 bits per heavy atom. The van der Waals surface area contributed by atoms with Gasteiger partial charge >= 0.3 is 11.9 Å². The van der Waals surface area contributed by atoms with E-state index >= 15 is 0 Å². The Hall–Kier alpha value is -1.36. The third kappa shape index (κ3) is 3.32. The number of carbonyl (C=O) groups is 2. The van der Waals surface area contributed by atoms with Gasteiger partial charge in [0.05, 0.1) is 6.10 Å². The van der Waals surface area contributed by atoms with E-state index in [-0.39, 0.29) is 40.9 Å². The van der Waals surface area contributed by atoms with Gasteiger partial charge in [0.15, 0.2) is 0 Å². The van der Waals surface area contributed by atoms with Gasteiger partial charge in [-0.2, -0.15) is 0 Å². The largest absolute Gasteiger partial charge is 0.463 e. The highest BCUT2D eigenvalue weighted by Gasteiger charge is 2.61. The molecule has 0 heterocycles. The topological polar surface area (TPSA) is 72.8 Å². The molecule has 0 aromatic heterocycles. The van der Waals surface area contributed by atoms with E-state index in [1.807, 2.05) is 6.92 Å². The van der Waals surface area contributed by atoms with Crippen LogP contribution in [0.25, 0.3) is 0 Å². The van der Waals surface area contributed by atoms with Crippen molar-refractivity contribution in [1.29, 1.82) is 0 Å². The number of aliphatic hydroxyl groups is 1. The van der Waals surface area contributed by atoms with E-state index in [2.05, 4.69) is 19.9 Å². The molecule has 0 spiro atoms. The lowest BCUT2D eigenvalue weighted by Gasteiger charge is -2.61.